The smallest absolute Gasteiger partial charge is 0.0144 e. The maximum Gasteiger partial charge on any atom is -0.0144 e. The molecule has 0 fully saturated rings. The molecule has 0 aromatic rings. The molecule has 0 heteroatoms. The summed E-state index contributed by atoms with van der Waals surface area (Å²) < 4.78 is 0. The Hall–Kier alpha value is -0.520. The number of allylic oxidation sites excluding steroid dienone is 3. The van der Waals surface area contributed by atoms with Crippen molar-refractivity contribution in [3.8, 4) is 0 Å². The highest BCUT2D eigenvalue weighted by Gasteiger charge is 1.73. The molecule has 0 atom stereocenters. The Morgan fingerprint density at radius 1 is 1.44 bits per heavy atom. The lowest BCUT2D eigenvalue weighted by Crippen LogP contribution is -1.63. The van der Waals surface area contributed by atoms with Crippen molar-refractivity contribution in [1.82, 2.24) is 0 Å². The molecule has 0 aromatic heterocycles. The quantitative estimate of drug-likeness (QED) is 0.496. The first-order valence-electron chi connectivity index (χ1n) is 3.53. The third-order valence-corrected chi connectivity index (χ3v) is 0.702. The molecule has 54 valence electrons. The number of hydrogen-bond acceptors (Lipinski definition) is 0. The van der Waals surface area contributed by atoms with Crippen molar-refractivity contribution < 1.29 is 0 Å². The van der Waals surface area contributed by atoms with Gasteiger partial charge in [0.1, 0.15) is 0 Å². The van der Waals surface area contributed by atoms with Gasteiger partial charge in [-0.15, -0.1) is 0 Å². The highest BCUT2D eigenvalue weighted by atomic mass is 13.8. The Morgan fingerprint density at radius 3 is 2.00 bits per heavy atom. The molecule has 9 heavy (non-hydrogen) atoms. The SMILES string of the molecule is C=C(C)C/C=C\C.CC. The third kappa shape index (κ3) is 18.5. The molecular formula is C9H18. The molecule has 0 saturated heterocycles. The van der Waals surface area contributed by atoms with Crippen LogP contribution in [0, 0.1) is 0 Å². The summed E-state index contributed by atoms with van der Waals surface area (Å²) in [5, 5.41) is 0. The van der Waals surface area contributed by atoms with Gasteiger partial charge in [0.2, 0.25) is 0 Å². The predicted molar refractivity (Wildman–Crippen MR) is 45.6 cm³/mol. The van der Waals surface area contributed by atoms with Crippen LogP contribution in [0.3, 0.4) is 0 Å². The highest BCUT2D eigenvalue weighted by molar-refractivity contribution is 4.97. The van der Waals surface area contributed by atoms with Crippen molar-refractivity contribution in [2.45, 2.75) is 34.1 Å². The minimum atomic E-state index is 1.02. The Kier molecular flexibility index (Phi) is 13.1. The van der Waals surface area contributed by atoms with Gasteiger partial charge in [0.15, 0.2) is 0 Å². The molecule has 0 aliphatic rings. The number of rotatable bonds is 2. The first-order valence-corrected chi connectivity index (χ1v) is 3.53. The highest BCUT2D eigenvalue weighted by Crippen LogP contribution is 1.94. The topological polar surface area (TPSA) is 0 Å². The summed E-state index contributed by atoms with van der Waals surface area (Å²) in [5.41, 5.74) is 1.22. The van der Waals surface area contributed by atoms with E-state index in [1.165, 1.54) is 5.57 Å². The summed E-state index contributed by atoms with van der Waals surface area (Å²) >= 11 is 0. The van der Waals surface area contributed by atoms with Gasteiger partial charge in [-0.2, -0.15) is 0 Å². The standard InChI is InChI=1S/C7H12.C2H6/c1-4-5-6-7(2)3;1-2/h4-5H,2,6H2,1,3H3;1-2H3/b5-4-;. The van der Waals surface area contributed by atoms with Crippen LogP contribution in [0.25, 0.3) is 0 Å². The average molecular weight is 126 g/mol. The fourth-order valence-corrected chi connectivity index (χ4v) is 0.319. The molecule has 0 bridgehead atoms. The van der Waals surface area contributed by atoms with Gasteiger partial charge in [-0.3, -0.25) is 0 Å². The zero-order valence-corrected chi connectivity index (χ0v) is 7.07. The molecular weight excluding hydrogens is 108 g/mol. The lowest BCUT2D eigenvalue weighted by atomic mass is 10.2. The lowest BCUT2D eigenvalue weighted by molar-refractivity contribution is 1.22. The van der Waals surface area contributed by atoms with E-state index in [0.29, 0.717) is 0 Å². The van der Waals surface area contributed by atoms with Gasteiger partial charge in [-0.1, -0.05) is 38.2 Å². The minimum Gasteiger partial charge on any atom is -0.0998 e. The van der Waals surface area contributed by atoms with Crippen LogP contribution in [0.5, 0.6) is 0 Å². The molecule has 0 aliphatic carbocycles. The van der Waals surface area contributed by atoms with Crippen molar-refractivity contribution in [3.05, 3.63) is 24.3 Å². The van der Waals surface area contributed by atoms with Gasteiger partial charge in [-0.05, 0) is 20.3 Å². The van der Waals surface area contributed by atoms with E-state index >= 15 is 0 Å². The summed E-state index contributed by atoms with van der Waals surface area (Å²) in [6.07, 6.45) is 5.16. The molecule has 0 amide bonds. The zero-order chi connectivity index (χ0) is 7.70. The van der Waals surface area contributed by atoms with Gasteiger partial charge in [0.05, 0.1) is 0 Å². The fraction of sp³-hybridized carbons (Fsp3) is 0.556. The molecule has 0 rings (SSSR count). The third-order valence-electron chi connectivity index (χ3n) is 0.702. The maximum atomic E-state index is 3.74. The molecule has 0 spiro atoms. The van der Waals surface area contributed by atoms with Crippen molar-refractivity contribution in [2.24, 2.45) is 0 Å². The summed E-state index contributed by atoms with van der Waals surface area (Å²) in [6, 6.07) is 0. The van der Waals surface area contributed by atoms with Crippen LogP contribution in [-0.2, 0) is 0 Å². The maximum absolute atomic E-state index is 3.74. The van der Waals surface area contributed by atoms with E-state index in [0.717, 1.165) is 6.42 Å². The van der Waals surface area contributed by atoms with E-state index in [1.807, 2.05) is 33.8 Å². The van der Waals surface area contributed by atoms with Crippen LogP contribution < -0.4 is 0 Å². The van der Waals surface area contributed by atoms with E-state index in [4.69, 9.17) is 0 Å². The summed E-state index contributed by atoms with van der Waals surface area (Å²) in [6.45, 7) is 11.8. The molecule has 0 saturated carbocycles. The first-order chi connectivity index (χ1) is 4.27. The van der Waals surface area contributed by atoms with E-state index in [9.17, 15) is 0 Å². The van der Waals surface area contributed by atoms with Gasteiger partial charge in [0.25, 0.3) is 0 Å². The summed E-state index contributed by atoms with van der Waals surface area (Å²) in [5.74, 6) is 0. The van der Waals surface area contributed by atoms with Crippen molar-refractivity contribution in [1.29, 1.82) is 0 Å². The van der Waals surface area contributed by atoms with Crippen LogP contribution in [0.2, 0.25) is 0 Å². The van der Waals surface area contributed by atoms with Crippen molar-refractivity contribution in [2.75, 3.05) is 0 Å². The Balaban J connectivity index is 0. The molecule has 0 heterocycles. The average Bonchev–Trinajstić information content (AvgIpc) is 1.88. The van der Waals surface area contributed by atoms with Crippen LogP contribution in [0.15, 0.2) is 24.3 Å². The molecule has 0 aromatic carbocycles. The lowest BCUT2D eigenvalue weighted by Gasteiger charge is -1.84. The van der Waals surface area contributed by atoms with Gasteiger partial charge < -0.3 is 0 Å². The summed E-state index contributed by atoms with van der Waals surface area (Å²) in [7, 11) is 0. The van der Waals surface area contributed by atoms with Crippen LogP contribution in [0.4, 0.5) is 0 Å². The Morgan fingerprint density at radius 2 is 1.89 bits per heavy atom. The fourth-order valence-electron chi connectivity index (χ4n) is 0.319. The molecule has 0 nitrogen and oxygen atoms in total. The Bertz CT molecular complexity index is 78.0. The van der Waals surface area contributed by atoms with Gasteiger partial charge in [-0.25, -0.2) is 0 Å². The van der Waals surface area contributed by atoms with E-state index in [2.05, 4.69) is 12.7 Å². The predicted octanol–water partition coefficient (Wildman–Crippen LogP) is 3.55. The second-order valence-corrected chi connectivity index (χ2v) is 1.73. The molecule has 0 unspecified atom stereocenters. The van der Waals surface area contributed by atoms with Crippen LogP contribution in [0.1, 0.15) is 34.1 Å². The van der Waals surface area contributed by atoms with E-state index in [1.54, 1.807) is 0 Å². The van der Waals surface area contributed by atoms with E-state index in [-0.39, 0.29) is 0 Å². The second-order valence-electron chi connectivity index (χ2n) is 1.73. The second kappa shape index (κ2) is 10.5. The minimum absolute atomic E-state index is 1.02. The Labute approximate surface area is 59.3 Å². The zero-order valence-electron chi connectivity index (χ0n) is 7.07. The largest absolute Gasteiger partial charge is 0.0998 e. The normalized spacial score (nSPS) is 8.44. The molecule has 0 aliphatic heterocycles. The number of hydrogen-bond donors (Lipinski definition) is 0. The van der Waals surface area contributed by atoms with Crippen molar-refractivity contribution in [3.63, 3.8) is 0 Å². The molecule has 0 radical (unpaired) electrons. The van der Waals surface area contributed by atoms with Crippen molar-refractivity contribution >= 4 is 0 Å². The van der Waals surface area contributed by atoms with Gasteiger partial charge >= 0.3 is 0 Å². The van der Waals surface area contributed by atoms with Crippen LogP contribution >= 0.6 is 0 Å². The van der Waals surface area contributed by atoms with E-state index < -0.39 is 0 Å². The molecule has 0 N–H and O–H groups in total. The van der Waals surface area contributed by atoms with Crippen LogP contribution in [-0.4, -0.2) is 0 Å². The monoisotopic (exact) mass is 126 g/mol. The van der Waals surface area contributed by atoms with Gasteiger partial charge in [0, 0.05) is 0 Å². The summed E-state index contributed by atoms with van der Waals surface area (Å²) in [4.78, 5) is 0. The first kappa shape index (κ1) is 11.3.